The smallest absolute Gasteiger partial charge is 0.339 e. The fourth-order valence-corrected chi connectivity index (χ4v) is 3.27. The first kappa shape index (κ1) is 18.4. The molecule has 29 heavy (non-hydrogen) atoms. The number of para-hydroxylation sites is 2. The van der Waals surface area contributed by atoms with E-state index in [1.54, 1.807) is 36.4 Å². The first-order valence-electron chi connectivity index (χ1n) is 9.14. The van der Waals surface area contributed by atoms with E-state index in [1.807, 2.05) is 42.5 Å². The lowest BCUT2D eigenvalue weighted by molar-refractivity contribution is -0.124. The van der Waals surface area contributed by atoms with Crippen LogP contribution in [-0.2, 0) is 14.3 Å². The second-order valence-corrected chi connectivity index (χ2v) is 6.53. The molecule has 1 N–H and O–H groups in total. The number of carbonyl (C=O) groups is 3. The number of carbonyl (C=O) groups excluding carboxylic acids is 3. The summed E-state index contributed by atoms with van der Waals surface area (Å²) in [6.07, 6.45) is 0. The molecule has 1 aliphatic heterocycles. The van der Waals surface area contributed by atoms with Crippen LogP contribution in [0.2, 0.25) is 0 Å². The quantitative estimate of drug-likeness (QED) is 0.697. The summed E-state index contributed by atoms with van der Waals surface area (Å²) in [5.41, 5.74) is 3.13. The van der Waals surface area contributed by atoms with Gasteiger partial charge in [-0.15, -0.1) is 0 Å². The molecule has 6 nitrogen and oxygen atoms in total. The largest absolute Gasteiger partial charge is 0.452 e. The second-order valence-electron chi connectivity index (χ2n) is 6.53. The number of rotatable bonds is 4. The number of amides is 2. The molecule has 0 unspecified atom stereocenters. The number of hydrogen-bond donors (Lipinski definition) is 1. The van der Waals surface area contributed by atoms with Crippen LogP contribution in [0.4, 0.5) is 11.4 Å². The Kier molecular flexibility index (Phi) is 5.07. The van der Waals surface area contributed by atoms with Crippen LogP contribution in [0.25, 0.3) is 11.1 Å². The number of nitrogens with zero attached hydrogens (tertiary/aromatic N) is 1. The van der Waals surface area contributed by atoms with Crippen LogP contribution >= 0.6 is 0 Å². The van der Waals surface area contributed by atoms with Crippen LogP contribution in [-0.4, -0.2) is 30.9 Å². The molecule has 0 spiro atoms. The number of nitrogens with one attached hydrogen (secondary N) is 1. The maximum atomic E-state index is 12.7. The van der Waals surface area contributed by atoms with Crippen molar-refractivity contribution in [3.63, 3.8) is 0 Å². The minimum Gasteiger partial charge on any atom is -0.452 e. The topological polar surface area (TPSA) is 75.7 Å². The zero-order valence-corrected chi connectivity index (χ0v) is 15.5. The van der Waals surface area contributed by atoms with Gasteiger partial charge >= 0.3 is 5.97 Å². The number of anilines is 2. The van der Waals surface area contributed by atoms with Crippen molar-refractivity contribution in [2.24, 2.45) is 0 Å². The van der Waals surface area contributed by atoms with Gasteiger partial charge in [-0.05, 0) is 29.3 Å². The predicted octanol–water partition coefficient (Wildman–Crippen LogP) is 3.50. The molecule has 0 aliphatic carbocycles. The third-order valence-corrected chi connectivity index (χ3v) is 4.63. The van der Waals surface area contributed by atoms with Crippen LogP contribution in [0.1, 0.15) is 10.4 Å². The van der Waals surface area contributed by atoms with E-state index in [4.69, 9.17) is 4.74 Å². The number of esters is 1. The minimum atomic E-state index is -0.590. The molecule has 1 aliphatic rings. The van der Waals surface area contributed by atoms with E-state index in [1.165, 1.54) is 4.90 Å². The summed E-state index contributed by atoms with van der Waals surface area (Å²) in [7, 11) is 0. The molecule has 0 bridgehead atoms. The van der Waals surface area contributed by atoms with Crippen LogP contribution in [0.3, 0.4) is 0 Å². The van der Waals surface area contributed by atoms with Crippen LogP contribution in [0.5, 0.6) is 0 Å². The fourth-order valence-electron chi connectivity index (χ4n) is 3.27. The second kappa shape index (κ2) is 7.98. The summed E-state index contributed by atoms with van der Waals surface area (Å²) in [5.74, 6) is -1.34. The molecule has 144 valence electrons. The van der Waals surface area contributed by atoms with Gasteiger partial charge in [-0.1, -0.05) is 60.7 Å². The van der Waals surface area contributed by atoms with Gasteiger partial charge in [0.1, 0.15) is 6.54 Å². The lowest BCUT2D eigenvalue weighted by atomic mass is 10.00. The molecule has 0 aromatic heterocycles. The Balaban J connectivity index is 1.50. The highest BCUT2D eigenvalue weighted by molar-refractivity contribution is 6.10. The number of fused-ring (bicyclic) bond motifs is 1. The summed E-state index contributed by atoms with van der Waals surface area (Å²) in [6.45, 7) is -0.572. The Hall–Kier alpha value is -3.93. The summed E-state index contributed by atoms with van der Waals surface area (Å²) in [5, 5.41) is 2.72. The molecule has 0 saturated carbocycles. The average molecular weight is 386 g/mol. The normalized spacial score (nSPS) is 12.7. The molecule has 0 fully saturated rings. The van der Waals surface area contributed by atoms with Crippen molar-refractivity contribution in [1.29, 1.82) is 0 Å². The van der Waals surface area contributed by atoms with Crippen LogP contribution in [0.15, 0.2) is 78.9 Å². The molecule has 3 aromatic carbocycles. The summed E-state index contributed by atoms with van der Waals surface area (Å²) >= 11 is 0. The lowest BCUT2D eigenvalue weighted by Crippen LogP contribution is -2.44. The number of ether oxygens (including phenoxy) is 1. The highest BCUT2D eigenvalue weighted by Gasteiger charge is 2.27. The van der Waals surface area contributed by atoms with Gasteiger partial charge in [-0.25, -0.2) is 4.79 Å². The van der Waals surface area contributed by atoms with Crippen molar-refractivity contribution in [2.45, 2.75) is 0 Å². The monoisotopic (exact) mass is 386 g/mol. The zero-order chi connectivity index (χ0) is 20.2. The first-order valence-corrected chi connectivity index (χ1v) is 9.14. The standard InChI is InChI=1S/C23H18N2O4/c26-21-14-25(20-13-7-6-12-19(20)24-21)22(27)15-29-23(28)18-11-5-4-10-17(18)16-8-2-1-3-9-16/h1-13H,14-15H2,(H,24,26). The molecule has 1 heterocycles. The highest BCUT2D eigenvalue weighted by Crippen LogP contribution is 2.29. The van der Waals surface area contributed by atoms with E-state index in [0.29, 0.717) is 16.9 Å². The highest BCUT2D eigenvalue weighted by atomic mass is 16.5. The summed E-state index contributed by atoms with van der Waals surface area (Å²) in [4.78, 5) is 38.5. The van der Waals surface area contributed by atoms with Crippen LogP contribution < -0.4 is 10.2 Å². The van der Waals surface area contributed by atoms with Gasteiger partial charge in [0.25, 0.3) is 5.91 Å². The fraction of sp³-hybridized carbons (Fsp3) is 0.0870. The summed E-state index contributed by atoms with van der Waals surface area (Å²) in [6, 6.07) is 23.6. The zero-order valence-electron chi connectivity index (χ0n) is 15.5. The maximum absolute atomic E-state index is 12.7. The van der Waals surface area contributed by atoms with Crippen molar-refractivity contribution in [3.8, 4) is 11.1 Å². The van der Waals surface area contributed by atoms with Gasteiger partial charge in [-0.3, -0.25) is 14.5 Å². The molecule has 4 rings (SSSR count). The maximum Gasteiger partial charge on any atom is 0.339 e. The van der Waals surface area contributed by atoms with Gasteiger partial charge in [0.15, 0.2) is 6.61 Å². The van der Waals surface area contributed by atoms with E-state index >= 15 is 0 Å². The van der Waals surface area contributed by atoms with E-state index in [0.717, 1.165) is 11.1 Å². The van der Waals surface area contributed by atoms with Gasteiger partial charge in [0.05, 0.1) is 16.9 Å². The third-order valence-electron chi connectivity index (χ3n) is 4.63. The van der Waals surface area contributed by atoms with Gasteiger partial charge < -0.3 is 10.1 Å². The Morgan fingerprint density at radius 1 is 0.897 bits per heavy atom. The van der Waals surface area contributed by atoms with Gasteiger partial charge in [-0.2, -0.15) is 0 Å². The van der Waals surface area contributed by atoms with Gasteiger partial charge in [0, 0.05) is 0 Å². The molecule has 0 radical (unpaired) electrons. The average Bonchev–Trinajstić information content (AvgIpc) is 2.77. The van der Waals surface area contributed by atoms with Crippen molar-refractivity contribution in [2.75, 3.05) is 23.4 Å². The lowest BCUT2D eigenvalue weighted by Gasteiger charge is -2.28. The summed E-state index contributed by atoms with van der Waals surface area (Å²) < 4.78 is 5.29. The Morgan fingerprint density at radius 2 is 1.59 bits per heavy atom. The Bertz CT molecular complexity index is 1080. The molecule has 2 amide bonds. The molecule has 0 atom stereocenters. The van der Waals surface area contributed by atoms with E-state index in [-0.39, 0.29) is 12.5 Å². The van der Waals surface area contributed by atoms with Crippen LogP contribution in [0, 0.1) is 0 Å². The molecular formula is C23H18N2O4. The molecule has 3 aromatic rings. The van der Waals surface area contributed by atoms with Gasteiger partial charge in [0.2, 0.25) is 5.91 Å². The van der Waals surface area contributed by atoms with Crippen molar-refractivity contribution < 1.29 is 19.1 Å². The third kappa shape index (κ3) is 3.87. The molecule has 0 saturated heterocycles. The molecule has 6 heteroatoms. The minimum absolute atomic E-state index is 0.117. The van der Waals surface area contributed by atoms with Crippen molar-refractivity contribution in [1.82, 2.24) is 0 Å². The predicted molar refractivity (Wildman–Crippen MR) is 110 cm³/mol. The number of hydrogen-bond acceptors (Lipinski definition) is 4. The van der Waals surface area contributed by atoms with Crippen molar-refractivity contribution >= 4 is 29.2 Å². The Morgan fingerprint density at radius 3 is 2.41 bits per heavy atom. The Labute approximate surface area is 167 Å². The van der Waals surface area contributed by atoms with E-state index in [9.17, 15) is 14.4 Å². The van der Waals surface area contributed by atoms with E-state index < -0.39 is 18.5 Å². The first-order chi connectivity index (χ1) is 14.1. The molecular weight excluding hydrogens is 368 g/mol. The van der Waals surface area contributed by atoms with E-state index in [2.05, 4.69) is 5.32 Å². The number of benzene rings is 3. The SMILES string of the molecule is O=C1CN(C(=O)COC(=O)c2ccccc2-c2ccccc2)c2ccccc2N1. The van der Waals surface area contributed by atoms with Crippen molar-refractivity contribution in [3.05, 3.63) is 84.4 Å².